The van der Waals surface area contributed by atoms with Gasteiger partial charge in [0.1, 0.15) is 0 Å². The van der Waals surface area contributed by atoms with Gasteiger partial charge in [-0.15, -0.1) is 0 Å². The summed E-state index contributed by atoms with van der Waals surface area (Å²) in [6, 6.07) is 7.19. The number of nitrogens with zero attached hydrogens (tertiary/aromatic N) is 1. The highest BCUT2D eigenvalue weighted by Gasteiger charge is 2.22. The Morgan fingerprint density at radius 2 is 1.72 bits per heavy atom. The van der Waals surface area contributed by atoms with Crippen molar-refractivity contribution < 1.29 is 13.2 Å². The van der Waals surface area contributed by atoms with Gasteiger partial charge in [0.2, 0.25) is 10.0 Å². The van der Waals surface area contributed by atoms with E-state index in [4.69, 9.17) is 28.9 Å². The molecule has 0 aliphatic rings. The summed E-state index contributed by atoms with van der Waals surface area (Å²) < 4.78 is 26.1. The van der Waals surface area contributed by atoms with Crippen molar-refractivity contribution in [1.29, 1.82) is 0 Å². The van der Waals surface area contributed by atoms with Crippen LogP contribution in [0.3, 0.4) is 0 Å². The molecule has 3 N–H and O–H groups in total. The predicted molar refractivity (Wildman–Crippen MR) is 104 cm³/mol. The lowest BCUT2D eigenvalue weighted by molar-refractivity contribution is 0.102. The number of rotatable bonds is 4. The Kier molecular flexibility index (Phi) is 6.01. The maximum Gasteiger partial charge on any atom is 0.255 e. The predicted octanol–water partition coefficient (Wildman–Crippen LogP) is 3.84. The zero-order chi connectivity index (χ0) is 18.9. The molecule has 2 rings (SSSR count). The zero-order valence-corrected chi connectivity index (χ0v) is 17.1. The molecule has 2 aromatic rings. The number of nitrogens with one attached hydrogen (secondary N) is 1. The molecule has 25 heavy (non-hydrogen) atoms. The Morgan fingerprint density at radius 3 is 2.24 bits per heavy atom. The van der Waals surface area contributed by atoms with Crippen LogP contribution in [0.1, 0.15) is 10.4 Å². The monoisotopic (exact) mass is 465 g/mol. The van der Waals surface area contributed by atoms with Gasteiger partial charge in [-0.3, -0.25) is 4.79 Å². The number of nitrogens with two attached hydrogens (primary N) is 1. The van der Waals surface area contributed by atoms with Gasteiger partial charge in [-0.2, -0.15) is 0 Å². The minimum absolute atomic E-state index is 0.0153. The molecule has 0 atom stereocenters. The molecule has 0 aliphatic carbocycles. The lowest BCUT2D eigenvalue weighted by Crippen LogP contribution is -2.23. The summed E-state index contributed by atoms with van der Waals surface area (Å²) in [5, 5.41) is 3.01. The summed E-state index contributed by atoms with van der Waals surface area (Å²) in [6.45, 7) is 0. The van der Waals surface area contributed by atoms with Crippen molar-refractivity contribution in [3.05, 3.63) is 50.4 Å². The second kappa shape index (κ2) is 7.51. The minimum Gasteiger partial charge on any atom is -0.396 e. The van der Waals surface area contributed by atoms with Gasteiger partial charge in [0.25, 0.3) is 5.91 Å². The van der Waals surface area contributed by atoms with Gasteiger partial charge < -0.3 is 11.1 Å². The minimum atomic E-state index is -3.71. The van der Waals surface area contributed by atoms with E-state index in [1.807, 2.05) is 0 Å². The standard InChI is InChI=1S/C15H14BrCl2N3O3S/c1-21(2)25(23,24)13-5-8(3-4-10(13)16)15(22)20-9-6-11(17)14(19)12(18)7-9/h3-7H,19H2,1-2H3,(H,20,22). The van der Waals surface area contributed by atoms with Gasteiger partial charge in [0, 0.05) is 29.8 Å². The zero-order valence-electron chi connectivity index (χ0n) is 13.2. The molecule has 0 spiro atoms. The van der Waals surface area contributed by atoms with Crippen LogP contribution in [-0.4, -0.2) is 32.7 Å². The smallest absolute Gasteiger partial charge is 0.255 e. The average Bonchev–Trinajstić information content (AvgIpc) is 2.52. The van der Waals surface area contributed by atoms with E-state index < -0.39 is 15.9 Å². The topological polar surface area (TPSA) is 92.5 Å². The van der Waals surface area contributed by atoms with Crippen molar-refractivity contribution in [2.75, 3.05) is 25.1 Å². The molecule has 0 aliphatic heterocycles. The molecule has 1 amide bonds. The van der Waals surface area contributed by atoms with Crippen molar-refractivity contribution >= 4 is 66.4 Å². The Bertz CT molecular complexity index is 926. The van der Waals surface area contributed by atoms with Crippen molar-refractivity contribution in [2.45, 2.75) is 4.90 Å². The third-order valence-corrected chi connectivity index (χ3v) is 6.72. The second-order valence-corrected chi connectivity index (χ2v) is 9.03. The van der Waals surface area contributed by atoms with Crippen LogP contribution >= 0.6 is 39.1 Å². The van der Waals surface area contributed by atoms with Crippen molar-refractivity contribution in [3.63, 3.8) is 0 Å². The number of carbonyl (C=O) groups excluding carboxylic acids is 1. The van der Waals surface area contributed by atoms with Gasteiger partial charge in [0.05, 0.1) is 20.6 Å². The lowest BCUT2D eigenvalue weighted by atomic mass is 10.2. The molecule has 134 valence electrons. The van der Waals surface area contributed by atoms with Crippen LogP contribution in [0.4, 0.5) is 11.4 Å². The molecule has 10 heteroatoms. The highest BCUT2D eigenvalue weighted by atomic mass is 79.9. The number of sulfonamides is 1. The van der Waals surface area contributed by atoms with Gasteiger partial charge in [0.15, 0.2) is 0 Å². The largest absolute Gasteiger partial charge is 0.396 e. The van der Waals surface area contributed by atoms with Crippen molar-refractivity contribution in [3.8, 4) is 0 Å². The van der Waals surface area contributed by atoms with Crippen LogP contribution in [0, 0.1) is 0 Å². The third kappa shape index (κ3) is 4.27. The summed E-state index contributed by atoms with van der Waals surface area (Å²) in [4.78, 5) is 12.4. The maximum absolute atomic E-state index is 12.4. The number of carbonyl (C=O) groups is 1. The van der Waals surface area contributed by atoms with E-state index in [0.29, 0.717) is 10.2 Å². The van der Waals surface area contributed by atoms with E-state index in [1.54, 1.807) is 0 Å². The summed E-state index contributed by atoms with van der Waals surface area (Å²) in [5.74, 6) is -0.514. The molecule has 0 saturated carbocycles. The van der Waals surface area contributed by atoms with Gasteiger partial charge in [-0.05, 0) is 46.3 Å². The lowest BCUT2D eigenvalue weighted by Gasteiger charge is -2.14. The van der Waals surface area contributed by atoms with Gasteiger partial charge in [-0.25, -0.2) is 12.7 Å². The number of amides is 1. The van der Waals surface area contributed by atoms with Crippen LogP contribution in [0.2, 0.25) is 10.0 Å². The highest BCUT2D eigenvalue weighted by Crippen LogP contribution is 2.31. The fourth-order valence-electron chi connectivity index (χ4n) is 1.90. The normalized spacial score (nSPS) is 11.6. The number of anilines is 2. The molecular weight excluding hydrogens is 453 g/mol. The quantitative estimate of drug-likeness (QED) is 0.669. The van der Waals surface area contributed by atoms with Crippen molar-refractivity contribution in [1.82, 2.24) is 4.31 Å². The fraction of sp³-hybridized carbons (Fsp3) is 0.133. The van der Waals surface area contributed by atoms with Crippen LogP contribution in [-0.2, 0) is 10.0 Å². The number of benzene rings is 2. The molecule has 6 nitrogen and oxygen atoms in total. The van der Waals surface area contributed by atoms with Crippen LogP contribution < -0.4 is 11.1 Å². The number of hydrogen-bond donors (Lipinski definition) is 2. The van der Waals surface area contributed by atoms with Gasteiger partial charge in [-0.1, -0.05) is 23.2 Å². The Hall–Kier alpha value is -1.32. The number of hydrogen-bond acceptors (Lipinski definition) is 4. The first-order chi connectivity index (χ1) is 11.5. The Balaban J connectivity index is 2.38. The first-order valence-corrected chi connectivity index (χ1v) is 9.81. The molecule has 0 heterocycles. The summed E-state index contributed by atoms with van der Waals surface area (Å²) in [5.41, 5.74) is 6.37. The van der Waals surface area contributed by atoms with E-state index in [1.165, 1.54) is 44.4 Å². The fourth-order valence-corrected chi connectivity index (χ4v) is 4.23. The van der Waals surface area contributed by atoms with Crippen LogP contribution in [0.15, 0.2) is 39.7 Å². The Labute approximate surface area is 164 Å². The first kappa shape index (κ1) is 20.0. The molecule has 0 bridgehead atoms. The summed E-state index contributed by atoms with van der Waals surface area (Å²) >= 11 is 15.1. The van der Waals surface area contributed by atoms with E-state index in [2.05, 4.69) is 21.2 Å². The molecule has 2 aromatic carbocycles. The molecule has 0 saturated heterocycles. The Morgan fingerprint density at radius 1 is 1.16 bits per heavy atom. The second-order valence-electron chi connectivity index (χ2n) is 5.24. The molecular formula is C15H14BrCl2N3O3S. The molecule has 0 aromatic heterocycles. The van der Waals surface area contributed by atoms with E-state index >= 15 is 0 Å². The van der Waals surface area contributed by atoms with E-state index in [-0.39, 0.29) is 26.2 Å². The average molecular weight is 467 g/mol. The molecule has 0 radical (unpaired) electrons. The number of halogens is 3. The molecule has 0 fully saturated rings. The first-order valence-electron chi connectivity index (χ1n) is 6.82. The van der Waals surface area contributed by atoms with E-state index in [0.717, 1.165) is 4.31 Å². The summed E-state index contributed by atoms with van der Waals surface area (Å²) in [6.07, 6.45) is 0. The van der Waals surface area contributed by atoms with Gasteiger partial charge >= 0.3 is 0 Å². The third-order valence-electron chi connectivity index (χ3n) is 3.29. The molecule has 0 unspecified atom stereocenters. The SMILES string of the molecule is CN(C)S(=O)(=O)c1cc(C(=O)Nc2cc(Cl)c(N)c(Cl)c2)ccc1Br. The van der Waals surface area contributed by atoms with Crippen LogP contribution in [0.5, 0.6) is 0 Å². The van der Waals surface area contributed by atoms with E-state index in [9.17, 15) is 13.2 Å². The number of nitrogen functional groups attached to an aromatic ring is 1. The maximum atomic E-state index is 12.4. The van der Waals surface area contributed by atoms with Crippen LogP contribution in [0.25, 0.3) is 0 Å². The highest BCUT2D eigenvalue weighted by molar-refractivity contribution is 9.10. The summed E-state index contributed by atoms with van der Waals surface area (Å²) in [7, 11) is -0.889. The van der Waals surface area contributed by atoms with Crippen molar-refractivity contribution in [2.24, 2.45) is 0 Å².